The van der Waals surface area contributed by atoms with Crippen molar-refractivity contribution >= 4 is 0 Å². The molecule has 2 nitrogen and oxygen atoms in total. The third-order valence-corrected chi connectivity index (χ3v) is 5.11. The number of likely N-dealkylation sites (N-methyl/N-ethyl adjacent to an activating group) is 1. The van der Waals surface area contributed by atoms with Crippen LogP contribution in [0.1, 0.15) is 64.2 Å². The van der Waals surface area contributed by atoms with Gasteiger partial charge in [-0.2, -0.15) is 0 Å². The van der Waals surface area contributed by atoms with E-state index in [9.17, 15) is 0 Å². The largest absolute Gasteiger partial charge is 0.329 e. The molecule has 2 rings (SSSR count). The highest BCUT2D eigenvalue weighted by Crippen LogP contribution is 2.31. The smallest absolute Gasteiger partial charge is 0.0246 e. The van der Waals surface area contributed by atoms with Crippen molar-refractivity contribution in [1.82, 2.24) is 4.90 Å². The number of hydrogen-bond acceptors (Lipinski definition) is 2. The predicted octanol–water partition coefficient (Wildman–Crippen LogP) is 3.16. The summed E-state index contributed by atoms with van der Waals surface area (Å²) in [6, 6.07) is 1.47. The molecule has 0 aromatic heterocycles. The summed E-state index contributed by atoms with van der Waals surface area (Å²) in [4.78, 5) is 2.65. The highest BCUT2D eigenvalue weighted by atomic mass is 15.2. The van der Waals surface area contributed by atoms with Gasteiger partial charge in [0, 0.05) is 18.6 Å². The molecule has 0 saturated heterocycles. The topological polar surface area (TPSA) is 29.3 Å². The van der Waals surface area contributed by atoms with E-state index >= 15 is 0 Å². The molecule has 0 aromatic rings. The van der Waals surface area contributed by atoms with Crippen LogP contribution in [0.4, 0.5) is 0 Å². The van der Waals surface area contributed by atoms with Crippen molar-refractivity contribution in [3.8, 4) is 0 Å². The normalized spacial score (nSPS) is 26.3. The Kier molecular flexibility index (Phi) is 5.30. The lowest BCUT2D eigenvalue weighted by Gasteiger charge is -2.41. The second kappa shape index (κ2) is 6.75. The fourth-order valence-electron chi connectivity index (χ4n) is 3.97. The van der Waals surface area contributed by atoms with Crippen molar-refractivity contribution < 1.29 is 0 Å². The molecule has 2 fully saturated rings. The van der Waals surface area contributed by atoms with Crippen LogP contribution in [0.15, 0.2) is 0 Å². The van der Waals surface area contributed by atoms with Gasteiger partial charge < -0.3 is 5.73 Å². The van der Waals surface area contributed by atoms with Gasteiger partial charge in [-0.1, -0.05) is 38.5 Å². The summed E-state index contributed by atoms with van der Waals surface area (Å²) in [5.41, 5.74) is 6.07. The zero-order chi connectivity index (χ0) is 12.1. The lowest BCUT2D eigenvalue weighted by Crippen LogP contribution is -2.49. The fourth-order valence-corrected chi connectivity index (χ4v) is 3.97. The van der Waals surface area contributed by atoms with Gasteiger partial charge in [-0.15, -0.1) is 0 Å². The summed E-state index contributed by atoms with van der Waals surface area (Å²) in [6.07, 6.45) is 14.2. The molecule has 17 heavy (non-hydrogen) atoms. The molecule has 0 aliphatic heterocycles. The first-order chi connectivity index (χ1) is 8.33. The lowest BCUT2D eigenvalue weighted by atomic mass is 9.82. The average Bonchev–Trinajstić information content (AvgIpc) is 2.42. The first-order valence-electron chi connectivity index (χ1n) is 7.75. The number of nitrogens with zero attached hydrogens (tertiary/aromatic N) is 1. The minimum atomic E-state index is 0.651. The van der Waals surface area contributed by atoms with Crippen LogP contribution in [0.2, 0.25) is 0 Å². The quantitative estimate of drug-likeness (QED) is 0.815. The van der Waals surface area contributed by atoms with Crippen LogP contribution < -0.4 is 5.73 Å². The molecule has 2 heteroatoms. The SMILES string of the molecule is CN(C1CCCCC1)C(CN)C1CCCCC1. The molecule has 2 saturated carbocycles. The zero-order valence-corrected chi connectivity index (χ0v) is 11.5. The van der Waals surface area contributed by atoms with E-state index in [4.69, 9.17) is 5.73 Å². The first kappa shape index (κ1) is 13.4. The van der Waals surface area contributed by atoms with E-state index in [1.807, 2.05) is 0 Å². The highest BCUT2D eigenvalue weighted by molar-refractivity contribution is 4.85. The Balaban J connectivity index is 1.90. The molecule has 2 aliphatic rings. The van der Waals surface area contributed by atoms with E-state index < -0.39 is 0 Å². The summed E-state index contributed by atoms with van der Waals surface area (Å²) in [5, 5.41) is 0. The van der Waals surface area contributed by atoms with Crippen LogP contribution in [-0.2, 0) is 0 Å². The van der Waals surface area contributed by atoms with Crippen LogP contribution in [0.5, 0.6) is 0 Å². The van der Waals surface area contributed by atoms with Gasteiger partial charge in [-0.05, 0) is 38.6 Å². The fraction of sp³-hybridized carbons (Fsp3) is 1.00. The molecule has 0 heterocycles. The second-order valence-corrected chi connectivity index (χ2v) is 6.16. The van der Waals surface area contributed by atoms with Crippen LogP contribution in [0.3, 0.4) is 0 Å². The third kappa shape index (κ3) is 3.45. The Bertz CT molecular complexity index is 205. The Hall–Kier alpha value is -0.0800. The zero-order valence-electron chi connectivity index (χ0n) is 11.5. The number of hydrogen-bond donors (Lipinski definition) is 1. The number of nitrogens with two attached hydrogens (primary N) is 1. The van der Waals surface area contributed by atoms with E-state index in [2.05, 4.69) is 11.9 Å². The van der Waals surface area contributed by atoms with Crippen molar-refractivity contribution in [1.29, 1.82) is 0 Å². The van der Waals surface area contributed by atoms with Crippen molar-refractivity contribution in [2.24, 2.45) is 11.7 Å². The number of rotatable bonds is 4. The van der Waals surface area contributed by atoms with Gasteiger partial charge in [-0.25, -0.2) is 0 Å². The predicted molar refractivity (Wildman–Crippen MR) is 74.1 cm³/mol. The molecule has 0 radical (unpaired) electrons. The van der Waals surface area contributed by atoms with Gasteiger partial charge >= 0.3 is 0 Å². The average molecular weight is 238 g/mol. The van der Waals surface area contributed by atoms with Crippen molar-refractivity contribution in [2.75, 3.05) is 13.6 Å². The first-order valence-corrected chi connectivity index (χ1v) is 7.75. The summed E-state index contributed by atoms with van der Waals surface area (Å²) in [7, 11) is 2.34. The van der Waals surface area contributed by atoms with Gasteiger partial charge in [0.2, 0.25) is 0 Å². The maximum atomic E-state index is 6.07. The van der Waals surface area contributed by atoms with Gasteiger partial charge in [0.25, 0.3) is 0 Å². The highest BCUT2D eigenvalue weighted by Gasteiger charge is 2.30. The summed E-state index contributed by atoms with van der Waals surface area (Å²) < 4.78 is 0. The van der Waals surface area contributed by atoms with E-state index in [-0.39, 0.29) is 0 Å². The summed E-state index contributed by atoms with van der Waals surface area (Å²) in [5.74, 6) is 0.876. The Labute approximate surface area is 107 Å². The van der Waals surface area contributed by atoms with Crippen molar-refractivity contribution in [2.45, 2.75) is 76.3 Å². The molecule has 0 bridgehead atoms. The van der Waals surface area contributed by atoms with E-state index in [0.29, 0.717) is 6.04 Å². The molecule has 0 amide bonds. The van der Waals surface area contributed by atoms with E-state index in [1.54, 1.807) is 0 Å². The second-order valence-electron chi connectivity index (χ2n) is 6.16. The van der Waals surface area contributed by atoms with Crippen LogP contribution >= 0.6 is 0 Å². The molecule has 1 unspecified atom stereocenters. The van der Waals surface area contributed by atoms with Gasteiger partial charge in [0.15, 0.2) is 0 Å². The molecule has 100 valence electrons. The Morgan fingerprint density at radius 3 is 2.00 bits per heavy atom. The van der Waals surface area contributed by atoms with Crippen LogP contribution in [0.25, 0.3) is 0 Å². The Morgan fingerprint density at radius 1 is 0.941 bits per heavy atom. The molecule has 2 aliphatic carbocycles. The van der Waals surface area contributed by atoms with Gasteiger partial charge in [0.05, 0.1) is 0 Å². The molecular formula is C15H30N2. The molecular weight excluding hydrogens is 208 g/mol. The summed E-state index contributed by atoms with van der Waals surface area (Å²) >= 11 is 0. The maximum absolute atomic E-state index is 6.07. The monoisotopic (exact) mass is 238 g/mol. The standard InChI is InChI=1S/C15H30N2/c1-17(14-10-6-3-7-11-14)15(12-16)13-8-4-2-5-9-13/h13-15H,2-12,16H2,1H3. The third-order valence-electron chi connectivity index (χ3n) is 5.11. The molecule has 2 N–H and O–H groups in total. The summed E-state index contributed by atoms with van der Waals surface area (Å²) in [6.45, 7) is 0.859. The van der Waals surface area contributed by atoms with Crippen molar-refractivity contribution in [3.05, 3.63) is 0 Å². The minimum absolute atomic E-state index is 0.651. The lowest BCUT2D eigenvalue weighted by molar-refractivity contribution is 0.0864. The molecule has 1 atom stereocenters. The minimum Gasteiger partial charge on any atom is -0.329 e. The Morgan fingerprint density at radius 2 is 1.47 bits per heavy atom. The maximum Gasteiger partial charge on any atom is 0.0246 e. The molecule has 0 spiro atoms. The van der Waals surface area contributed by atoms with Crippen LogP contribution in [-0.4, -0.2) is 30.6 Å². The molecule has 0 aromatic carbocycles. The van der Waals surface area contributed by atoms with E-state index in [0.717, 1.165) is 18.5 Å². The van der Waals surface area contributed by atoms with Gasteiger partial charge in [0.1, 0.15) is 0 Å². The van der Waals surface area contributed by atoms with Crippen LogP contribution in [0, 0.1) is 5.92 Å². The van der Waals surface area contributed by atoms with E-state index in [1.165, 1.54) is 64.2 Å². The van der Waals surface area contributed by atoms with Crippen molar-refractivity contribution in [3.63, 3.8) is 0 Å². The van der Waals surface area contributed by atoms with Gasteiger partial charge in [-0.3, -0.25) is 4.90 Å².